The summed E-state index contributed by atoms with van der Waals surface area (Å²) in [4.78, 5) is 0. The molecule has 0 aliphatic carbocycles. The standard InChI is InChI=1S/C13H21NO4/c1-2-18-12-6-4-3-5-11(12)7-14-13(8-15,9-16)10-17/h3-6,14-17H,2,7-10H2,1H3. The Balaban J connectivity index is 2.72. The van der Waals surface area contributed by atoms with Gasteiger partial charge in [-0.2, -0.15) is 0 Å². The number of ether oxygens (including phenoxy) is 1. The van der Waals surface area contributed by atoms with Crippen molar-refractivity contribution in [2.24, 2.45) is 0 Å². The Morgan fingerprint density at radius 1 is 1.11 bits per heavy atom. The van der Waals surface area contributed by atoms with Gasteiger partial charge in [0.15, 0.2) is 0 Å². The highest BCUT2D eigenvalue weighted by molar-refractivity contribution is 5.33. The molecule has 4 N–H and O–H groups in total. The number of rotatable bonds is 8. The normalized spacial score (nSPS) is 11.6. The van der Waals surface area contributed by atoms with Crippen LogP contribution in [-0.2, 0) is 6.54 Å². The molecule has 0 saturated carbocycles. The molecule has 1 aromatic carbocycles. The molecule has 0 amide bonds. The van der Waals surface area contributed by atoms with Gasteiger partial charge < -0.3 is 25.4 Å². The summed E-state index contributed by atoms with van der Waals surface area (Å²) in [5, 5.41) is 30.6. The fourth-order valence-corrected chi connectivity index (χ4v) is 1.55. The molecule has 0 saturated heterocycles. The van der Waals surface area contributed by atoms with E-state index in [1.54, 1.807) is 0 Å². The molecular formula is C13H21NO4. The quantitative estimate of drug-likeness (QED) is 0.521. The number of hydrogen-bond donors (Lipinski definition) is 4. The first-order valence-corrected chi connectivity index (χ1v) is 5.99. The molecule has 0 unspecified atom stereocenters. The molecule has 5 nitrogen and oxygen atoms in total. The zero-order valence-corrected chi connectivity index (χ0v) is 10.6. The van der Waals surface area contributed by atoms with Gasteiger partial charge in [0.1, 0.15) is 5.75 Å². The molecule has 1 rings (SSSR count). The first-order valence-electron chi connectivity index (χ1n) is 5.99. The Morgan fingerprint density at radius 2 is 1.72 bits per heavy atom. The second-order valence-electron chi connectivity index (χ2n) is 4.15. The van der Waals surface area contributed by atoms with Crippen molar-refractivity contribution in [3.8, 4) is 5.75 Å². The SMILES string of the molecule is CCOc1ccccc1CNC(CO)(CO)CO. The lowest BCUT2D eigenvalue weighted by Crippen LogP contribution is -2.54. The van der Waals surface area contributed by atoms with Crippen molar-refractivity contribution < 1.29 is 20.1 Å². The van der Waals surface area contributed by atoms with Crippen molar-refractivity contribution in [1.82, 2.24) is 5.32 Å². The Hall–Kier alpha value is -1.14. The Bertz CT molecular complexity index is 344. The molecule has 0 fully saturated rings. The van der Waals surface area contributed by atoms with Crippen molar-refractivity contribution in [2.75, 3.05) is 26.4 Å². The molecular weight excluding hydrogens is 234 g/mol. The van der Waals surface area contributed by atoms with E-state index in [9.17, 15) is 15.3 Å². The molecule has 0 spiro atoms. The van der Waals surface area contributed by atoms with Crippen LogP contribution in [0.1, 0.15) is 12.5 Å². The average Bonchev–Trinajstić information content (AvgIpc) is 2.43. The van der Waals surface area contributed by atoms with E-state index in [4.69, 9.17) is 4.74 Å². The van der Waals surface area contributed by atoms with Gasteiger partial charge in [-0.15, -0.1) is 0 Å². The number of aliphatic hydroxyl groups excluding tert-OH is 3. The zero-order valence-electron chi connectivity index (χ0n) is 10.6. The van der Waals surface area contributed by atoms with E-state index in [1.807, 2.05) is 31.2 Å². The van der Waals surface area contributed by atoms with Gasteiger partial charge >= 0.3 is 0 Å². The lowest BCUT2D eigenvalue weighted by molar-refractivity contribution is 0.0412. The van der Waals surface area contributed by atoms with Gasteiger partial charge in [-0.3, -0.25) is 0 Å². The summed E-state index contributed by atoms with van der Waals surface area (Å²) in [5.41, 5.74) is -0.154. The number of nitrogens with one attached hydrogen (secondary N) is 1. The van der Waals surface area contributed by atoms with E-state index in [0.29, 0.717) is 13.2 Å². The molecule has 5 heteroatoms. The van der Waals surface area contributed by atoms with Crippen LogP contribution >= 0.6 is 0 Å². The van der Waals surface area contributed by atoms with Crippen LogP contribution in [0.2, 0.25) is 0 Å². The molecule has 18 heavy (non-hydrogen) atoms. The third-order valence-electron chi connectivity index (χ3n) is 2.83. The summed E-state index contributed by atoms with van der Waals surface area (Å²) in [6.45, 7) is 1.87. The summed E-state index contributed by atoms with van der Waals surface area (Å²) in [6.07, 6.45) is 0. The third-order valence-corrected chi connectivity index (χ3v) is 2.83. The van der Waals surface area contributed by atoms with Gasteiger partial charge in [-0.05, 0) is 13.0 Å². The summed E-state index contributed by atoms with van der Waals surface area (Å²) >= 11 is 0. The van der Waals surface area contributed by atoms with E-state index >= 15 is 0 Å². The topological polar surface area (TPSA) is 82.0 Å². The lowest BCUT2D eigenvalue weighted by atomic mass is 10.0. The van der Waals surface area contributed by atoms with Crippen LogP contribution in [-0.4, -0.2) is 47.3 Å². The van der Waals surface area contributed by atoms with Gasteiger partial charge in [-0.1, -0.05) is 18.2 Å². The average molecular weight is 255 g/mol. The van der Waals surface area contributed by atoms with Crippen molar-refractivity contribution in [3.05, 3.63) is 29.8 Å². The number of hydrogen-bond acceptors (Lipinski definition) is 5. The maximum absolute atomic E-state index is 9.21. The monoisotopic (exact) mass is 255 g/mol. The summed E-state index contributed by atoms with van der Waals surface area (Å²) in [6, 6.07) is 7.53. The summed E-state index contributed by atoms with van der Waals surface area (Å²) < 4.78 is 5.48. The molecule has 1 aromatic rings. The van der Waals surface area contributed by atoms with Gasteiger partial charge in [0, 0.05) is 12.1 Å². The van der Waals surface area contributed by atoms with E-state index in [1.165, 1.54) is 0 Å². The molecule has 0 atom stereocenters. The Kier molecular flexibility index (Phi) is 6.07. The predicted octanol–water partition coefficient (Wildman–Crippen LogP) is -0.109. The fraction of sp³-hybridized carbons (Fsp3) is 0.538. The second-order valence-corrected chi connectivity index (χ2v) is 4.15. The Labute approximate surface area is 107 Å². The van der Waals surface area contributed by atoms with Crippen LogP contribution in [0.15, 0.2) is 24.3 Å². The van der Waals surface area contributed by atoms with Crippen LogP contribution in [0.5, 0.6) is 5.75 Å². The van der Waals surface area contributed by atoms with Crippen LogP contribution in [0.4, 0.5) is 0 Å². The predicted molar refractivity (Wildman–Crippen MR) is 68.4 cm³/mol. The minimum absolute atomic E-state index is 0.337. The van der Waals surface area contributed by atoms with Gasteiger partial charge in [0.2, 0.25) is 0 Å². The molecule has 0 heterocycles. The van der Waals surface area contributed by atoms with E-state index in [2.05, 4.69) is 5.32 Å². The maximum Gasteiger partial charge on any atom is 0.123 e. The minimum Gasteiger partial charge on any atom is -0.494 e. The Morgan fingerprint density at radius 3 is 2.28 bits per heavy atom. The molecule has 102 valence electrons. The van der Waals surface area contributed by atoms with Crippen molar-refractivity contribution >= 4 is 0 Å². The zero-order chi connectivity index (χ0) is 13.4. The van der Waals surface area contributed by atoms with Crippen LogP contribution in [0, 0.1) is 0 Å². The maximum atomic E-state index is 9.21. The first-order chi connectivity index (χ1) is 8.71. The van der Waals surface area contributed by atoms with Crippen molar-refractivity contribution in [2.45, 2.75) is 19.0 Å². The number of benzene rings is 1. The molecule has 0 aromatic heterocycles. The van der Waals surface area contributed by atoms with Crippen molar-refractivity contribution in [3.63, 3.8) is 0 Å². The number of para-hydroxylation sites is 1. The second kappa shape index (κ2) is 7.33. The van der Waals surface area contributed by atoms with Crippen LogP contribution < -0.4 is 10.1 Å². The summed E-state index contributed by atoms with van der Waals surface area (Å²) in [7, 11) is 0. The lowest BCUT2D eigenvalue weighted by Gasteiger charge is -2.29. The van der Waals surface area contributed by atoms with Gasteiger partial charge in [0.25, 0.3) is 0 Å². The van der Waals surface area contributed by atoms with Crippen molar-refractivity contribution in [1.29, 1.82) is 0 Å². The largest absolute Gasteiger partial charge is 0.494 e. The minimum atomic E-state index is -1.07. The fourth-order valence-electron chi connectivity index (χ4n) is 1.55. The van der Waals surface area contributed by atoms with Gasteiger partial charge in [0.05, 0.1) is 32.0 Å². The van der Waals surface area contributed by atoms with Crippen LogP contribution in [0.3, 0.4) is 0 Å². The molecule has 0 aliphatic rings. The third kappa shape index (κ3) is 3.68. The smallest absolute Gasteiger partial charge is 0.123 e. The highest BCUT2D eigenvalue weighted by Gasteiger charge is 2.27. The molecule has 0 aliphatic heterocycles. The highest BCUT2D eigenvalue weighted by Crippen LogP contribution is 2.18. The molecule has 0 radical (unpaired) electrons. The highest BCUT2D eigenvalue weighted by atomic mass is 16.5. The summed E-state index contributed by atoms with van der Waals surface area (Å²) in [5.74, 6) is 0.759. The van der Waals surface area contributed by atoms with E-state index in [0.717, 1.165) is 11.3 Å². The van der Waals surface area contributed by atoms with Gasteiger partial charge in [-0.25, -0.2) is 0 Å². The molecule has 0 bridgehead atoms. The first kappa shape index (κ1) is 14.9. The van der Waals surface area contributed by atoms with E-state index in [-0.39, 0.29) is 19.8 Å². The van der Waals surface area contributed by atoms with Crippen LogP contribution in [0.25, 0.3) is 0 Å². The number of aliphatic hydroxyl groups is 3. The van der Waals surface area contributed by atoms with E-state index < -0.39 is 5.54 Å².